The van der Waals surface area contributed by atoms with E-state index in [0.29, 0.717) is 24.8 Å². The molecule has 8 nitrogen and oxygen atoms in total. The minimum atomic E-state index is -3.25. The van der Waals surface area contributed by atoms with Crippen LogP contribution in [0.25, 0.3) is 0 Å². The molecule has 1 aliphatic heterocycles. The molecular weight excluding hydrogens is 366 g/mol. The minimum absolute atomic E-state index is 0.177. The summed E-state index contributed by atoms with van der Waals surface area (Å²) >= 11 is 0. The standard InChI is InChI=1S/C18H23N5O3S/c1-27(25,26)16-8-4-14(5-9-16)20-18(24)22-10-2-3-13(11-22)17-21-19-12-23(17)15-6-7-15/h4-5,8-9,12-13,15H,2-3,6-7,10-11H2,1H3,(H,20,24)/t13-/m0/s1. The zero-order valence-corrected chi connectivity index (χ0v) is 16.0. The van der Waals surface area contributed by atoms with Crippen LogP contribution in [0.3, 0.4) is 0 Å². The lowest BCUT2D eigenvalue weighted by molar-refractivity contribution is 0.190. The van der Waals surface area contributed by atoms with E-state index in [2.05, 4.69) is 20.1 Å². The third-order valence-electron chi connectivity index (χ3n) is 5.15. The number of amides is 2. The number of piperidine rings is 1. The number of aromatic nitrogens is 3. The second-order valence-corrected chi connectivity index (χ2v) is 9.36. The predicted octanol–water partition coefficient (Wildman–Crippen LogP) is 2.43. The van der Waals surface area contributed by atoms with Gasteiger partial charge >= 0.3 is 6.03 Å². The van der Waals surface area contributed by atoms with Gasteiger partial charge in [0, 0.05) is 37.0 Å². The number of likely N-dealkylation sites (tertiary alicyclic amines) is 1. The quantitative estimate of drug-likeness (QED) is 0.866. The highest BCUT2D eigenvalue weighted by Crippen LogP contribution is 2.38. The summed E-state index contributed by atoms with van der Waals surface area (Å²) in [5.41, 5.74) is 0.579. The molecule has 1 atom stereocenters. The molecule has 2 fully saturated rings. The van der Waals surface area contributed by atoms with Gasteiger partial charge in [-0.2, -0.15) is 0 Å². The first-order valence-electron chi connectivity index (χ1n) is 9.17. The van der Waals surface area contributed by atoms with Crippen molar-refractivity contribution in [3.8, 4) is 0 Å². The molecular formula is C18H23N5O3S. The van der Waals surface area contributed by atoms with Crippen molar-refractivity contribution >= 4 is 21.6 Å². The van der Waals surface area contributed by atoms with Gasteiger partial charge in [0.05, 0.1) is 4.90 Å². The van der Waals surface area contributed by atoms with Gasteiger partial charge < -0.3 is 14.8 Å². The number of nitrogens with one attached hydrogen (secondary N) is 1. The average molecular weight is 389 g/mol. The predicted molar refractivity (Wildman–Crippen MR) is 100 cm³/mol. The van der Waals surface area contributed by atoms with Gasteiger partial charge in [0.2, 0.25) is 0 Å². The molecule has 1 aromatic carbocycles. The minimum Gasteiger partial charge on any atom is -0.324 e. The molecule has 0 spiro atoms. The summed E-state index contributed by atoms with van der Waals surface area (Å²) in [7, 11) is -3.25. The zero-order valence-electron chi connectivity index (χ0n) is 15.2. The first-order chi connectivity index (χ1) is 12.9. The number of hydrogen-bond donors (Lipinski definition) is 1. The number of nitrogens with zero attached hydrogens (tertiary/aromatic N) is 4. The van der Waals surface area contributed by atoms with Crippen LogP contribution in [0.2, 0.25) is 0 Å². The van der Waals surface area contributed by atoms with Crippen LogP contribution < -0.4 is 5.32 Å². The maximum atomic E-state index is 12.6. The van der Waals surface area contributed by atoms with Crippen molar-refractivity contribution in [3.63, 3.8) is 0 Å². The molecule has 1 N–H and O–H groups in total. The fourth-order valence-electron chi connectivity index (χ4n) is 3.54. The van der Waals surface area contributed by atoms with Gasteiger partial charge in [-0.15, -0.1) is 10.2 Å². The Morgan fingerprint density at radius 3 is 2.59 bits per heavy atom. The summed E-state index contributed by atoms with van der Waals surface area (Å²) in [5.74, 6) is 1.17. The summed E-state index contributed by atoms with van der Waals surface area (Å²) in [6.07, 6.45) is 7.22. The summed E-state index contributed by atoms with van der Waals surface area (Å²) in [6.45, 7) is 1.31. The molecule has 9 heteroatoms. The Labute approximate surface area is 158 Å². The Kier molecular flexibility index (Phi) is 4.63. The zero-order chi connectivity index (χ0) is 19.0. The van der Waals surface area contributed by atoms with E-state index in [9.17, 15) is 13.2 Å². The molecule has 1 saturated heterocycles. The van der Waals surface area contributed by atoms with E-state index in [0.717, 1.165) is 24.9 Å². The van der Waals surface area contributed by atoms with Gasteiger partial charge in [-0.25, -0.2) is 13.2 Å². The monoisotopic (exact) mass is 389 g/mol. The number of hydrogen-bond acceptors (Lipinski definition) is 5. The number of carbonyl (C=O) groups is 1. The largest absolute Gasteiger partial charge is 0.324 e. The SMILES string of the molecule is CS(=O)(=O)c1ccc(NC(=O)N2CCC[C@H](c3nncn3C3CC3)C2)cc1. The van der Waals surface area contributed by atoms with Gasteiger partial charge in [-0.3, -0.25) is 0 Å². The molecule has 27 heavy (non-hydrogen) atoms. The van der Waals surface area contributed by atoms with E-state index >= 15 is 0 Å². The van der Waals surface area contributed by atoms with E-state index < -0.39 is 9.84 Å². The fraction of sp³-hybridized carbons (Fsp3) is 0.500. The second-order valence-electron chi connectivity index (χ2n) is 7.34. The molecule has 2 heterocycles. The molecule has 2 amide bonds. The number of sulfone groups is 1. The highest BCUT2D eigenvalue weighted by molar-refractivity contribution is 7.90. The number of carbonyl (C=O) groups excluding carboxylic acids is 1. The summed E-state index contributed by atoms with van der Waals surface area (Å²) in [5, 5.41) is 11.2. The maximum absolute atomic E-state index is 12.6. The van der Waals surface area contributed by atoms with Crippen molar-refractivity contribution < 1.29 is 13.2 Å². The van der Waals surface area contributed by atoms with Crippen LogP contribution in [-0.4, -0.2) is 53.5 Å². The molecule has 4 rings (SSSR count). The molecule has 0 radical (unpaired) electrons. The first kappa shape index (κ1) is 18.0. The summed E-state index contributed by atoms with van der Waals surface area (Å²) in [6, 6.07) is 6.57. The van der Waals surface area contributed by atoms with E-state index in [-0.39, 0.29) is 16.8 Å². The van der Waals surface area contributed by atoms with Gasteiger partial charge in [0.15, 0.2) is 9.84 Å². The van der Waals surface area contributed by atoms with Crippen LogP contribution in [-0.2, 0) is 9.84 Å². The first-order valence-corrected chi connectivity index (χ1v) is 11.1. The number of benzene rings is 1. The Morgan fingerprint density at radius 1 is 1.19 bits per heavy atom. The van der Waals surface area contributed by atoms with Crippen LogP contribution >= 0.6 is 0 Å². The van der Waals surface area contributed by atoms with Crippen molar-refractivity contribution in [2.45, 2.75) is 42.5 Å². The van der Waals surface area contributed by atoms with Crippen LogP contribution in [0.15, 0.2) is 35.5 Å². The van der Waals surface area contributed by atoms with E-state index in [4.69, 9.17) is 0 Å². The molecule has 2 aliphatic rings. The highest BCUT2D eigenvalue weighted by atomic mass is 32.2. The van der Waals surface area contributed by atoms with E-state index in [1.165, 1.54) is 25.0 Å². The van der Waals surface area contributed by atoms with Gasteiger partial charge in [0.25, 0.3) is 0 Å². The lowest BCUT2D eigenvalue weighted by Gasteiger charge is -2.32. The van der Waals surface area contributed by atoms with E-state index in [1.54, 1.807) is 23.4 Å². The Hall–Kier alpha value is -2.42. The number of anilines is 1. The molecule has 0 unspecified atom stereocenters. The van der Waals surface area contributed by atoms with Crippen molar-refractivity contribution in [1.29, 1.82) is 0 Å². The third kappa shape index (κ3) is 3.97. The molecule has 1 saturated carbocycles. The summed E-state index contributed by atoms with van der Waals surface area (Å²) < 4.78 is 25.2. The Morgan fingerprint density at radius 2 is 1.93 bits per heavy atom. The van der Waals surface area contributed by atoms with Crippen LogP contribution in [0, 0.1) is 0 Å². The highest BCUT2D eigenvalue weighted by Gasteiger charge is 2.32. The molecule has 1 aromatic heterocycles. The molecule has 2 aromatic rings. The van der Waals surface area contributed by atoms with Crippen molar-refractivity contribution in [2.75, 3.05) is 24.7 Å². The van der Waals surface area contributed by atoms with Crippen molar-refractivity contribution in [2.24, 2.45) is 0 Å². The van der Waals surface area contributed by atoms with Crippen molar-refractivity contribution in [3.05, 3.63) is 36.4 Å². The average Bonchev–Trinajstić information content (AvgIpc) is 3.38. The lowest BCUT2D eigenvalue weighted by atomic mass is 9.97. The van der Waals surface area contributed by atoms with Crippen LogP contribution in [0.5, 0.6) is 0 Å². The maximum Gasteiger partial charge on any atom is 0.321 e. The molecule has 1 aliphatic carbocycles. The van der Waals surface area contributed by atoms with E-state index in [1.807, 2.05) is 0 Å². The fourth-order valence-corrected chi connectivity index (χ4v) is 4.17. The lowest BCUT2D eigenvalue weighted by Crippen LogP contribution is -2.42. The smallest absolute Gasteiger partial charge is 0.321 e. The van der Waals surface area contributed by atoms with Crippen LogP contribution in [0.4, 0.5) is 10.5 Å². The molecule has 0 bridgehead atoms. The number of rotatable bonds is 4. The topological polar surface area (TPSA) is 97.2 Å². The van der Waals surface area contributed by atoms with Gasteiger partial charge in [-0.1, -0.05) is 0 Å². The van der Waals surface area contributed by atoms with Crippen molar-refractivity contribution in [1.82, 2.24) is 19.7 Å². The molecule has 144 valence electrons. The normalized spacial score (nSPS) is 20.5. The second kappa shape index (κ2) is 6.95. The summed E-state index contributed by atoms with van der Waals surface area (Å²) in [4.78, 5) is 14.7. The van der Waals surface area contributed by atoms with Gasteiger partial charge in [0.1, 0.15) is 12.2 Å². The van der Waals surface area contributed by atoms with Crippen LogP contribution in [0.1, 0.15) is 43.5 Å². The number of urea groups is 1. The van der Waals surface area contributed by atoms with Gasteiger partial charge in [-0.05, 0) is 49.9 Å². The Bertz CT molecular complexity index is 934. The Balaban J connectivity index is 1.42. The third-order valence-corrected chi connectivity index (χ3v) is 6.28.